The molecule has 1 amide bonds. The Morgan fingerprint density at radius 1 is 1.24 bits per heavy atom. The van der Waals surface area contributed by atoms with Gasteiger partial charge in [-0.15, -0.1) is 0 Å². The molecule has 2 aromatic rings. The van der Waals surface area contributed by atoms with Gasteiger partial charge in [-0.2, -0.15) is 0 Å². The number of benzene rings is 1. The average molecular weight is 379 g/mol. The summed E-state index contributed by atoms with van der Waals surface area (Å²) in [7, 11) is 1.99. The van der Waals surface area contributed by atoms with Crippen molar-refractivity contribution in [2.75, 3.05) is 13.1 Å². The van der Waals surface area contributed by atoms with E-state index in [0.29, 0.717) is 6.04 Å². The van der Waals surface area contributed by atoms with Crippen LogP contribution in [0.15, 0.2) is 18.2 Å². The van der Waals surface area contributed by atoms with Crippen molar-refractivity contribution in [1.82, 2.24) is 19.4 Å². The van der Waals surface area contributed by atoms with E-state index in [1.165, 1.54) is 0 Å². The van der Waals surface area contributed by atoms with Crippen LogP contribution < -0.4 is 5.32 Å². The Balaban J connectivity index is 1.44. The first kappa shape index (κ1) is 17.1. The molecule has 1 aliphatic carbocycles. The summed E-state index contributed by atoms with van der Waals surface area (Å²) >= 11 is 11.8. The van der Waals surface area contributed by atoms with Gasteiger partial charge in [0.05, 0.1) is 17.7 Å². The maximum atomic E-state index is 11.9. The zero-order chi connectivity index (χ0) is 17.6. The van der Waals surface area contributed by atoms with Gasteiger partial charge in [-0.1, -0.05) is 11.6 Å². The first-order valence-corrected chi connectivity index (χ1v) is 9.69. The maximum absolute atomic E-state index is 11.9. The number of aryl methyl sites for hydroxylation is 1. The fourth-order valence-electron chi connectivity index (χ4n) is 3.60. The molecule has 0 bridgehead atoms. The number of carbonyl (C=O) groups excluding carboxylic acids is 1. The number of nitrogens with zero attached hydrogens (tertiary/aromatic N) is 3. The van der Waals surface area contributed by atoms with Crippen LogP contribution in [0, 0.1) is 10.7 Å². The summed E-state index contributed by atoms with van der Waals surface area (Å²) in [6.07, 6.45) is 4.12. The molecular formula is C18H23ClN4OS. The lowest BCUT2D eigenvalue weighted by atomic mass is 10.1. The van der Waals surface area contributed by atoms with Gasteiger partial charge in [-0.05, 0) is 56.1 Å². The molecule has 1 aromatic carbocycles. The summed E-state index contributed by atoms with van der Waals surface area (Å²) in [5, 5.41) is 3.93. The molecule has 2 fully saturated rings. The summed E-state index contributed by atoms with van der Waals surface area (Å²) in [6.45, 7) is 2.70. The van der Waals surface area contributed by atoms with E-state index in [-0.39, 0.29) is 11.8 Å². The third kappa shape index (κ3) is 3.48. The third-order valence-electron chi connectivity index (χ3n) is 5.33. The van der Waals surface area contributed by atoms with Crippen molar-refractivity contribution in [2.24, 2.45) is 13.0 Å². The summed E-state index contributed by atoms with van der Waals surface area (Å²) in [6, 6.07) is 6.22. The van der Waals surface area contributed by atoms with Crippen molar-refractivity contribution in [1.29, 1.82) is 0 Å². The molecule has 1 N–H and O–H groups in total. The second kappa shape index (κ2) is 6.74. The highest BCUT2D eigenvalue weighted by Crippen LogP contribution is 2.29. The van der Waals surface area contributed by atoms with Crippen LogP contribution in [-0.2, 0) is 18.5 Å². The summed E-state index contributed by atoms with van der Waals surface area (Å²) in [5.74, 6) is 0.543. The molecule has 2 heterocycles. The van der Waals surface area contributed by atoms with E-state index in [4.69, 9.17) is 23.8 Å². The van der Waals surface area contributed by atoms with Gasteiger partial charge in [0, 0.05) is 37.1 Å². The summed E-state index contributed by atoms with van der Waals surface area (Å²) in [5.41, 5.74) is 2.17. The van der Waals surface area contributed by atoms with Crippen molar-refractivity contribution in [2.45, 2.75) is 38.4 Å². The minimum absolute atomic E-state index is 0.254. The zero-order valence-electron chi connectivity index (χ0n) is 14.4. The molecule has 1 saturated heterocycles. The SMILES string of the molecule is Cn1c(=S)n(CN2CCC(NC(=O)C3CC3)CC2)c2cc(Cl)ccc21. The number of imidazole rings is 1. The number of fused-ring (bicyclic) bond motifs is 1. The lowest BCUT2D eigenvalue weighted by Crippen LogP contribution is -2.45. The lowest BCUT2D eigenvalue weighted by molar-refractivity contribution is -0.123. The smallest absolute Gasteiger partial charge is 0.223 e. The number of nitrogens with one attached hydrogen (secondary N) is 1. The molecule has 0 spiro atoms. The molecule has 0 atom stereocenters. The topological polar surface area (TPSA) is 42.2 Å². The highest BCUT2D eigenvalue weighted by Gasteiger charge is 2.31. The summed E-state index contributed by atoms with van der Waals surface area (Å²) < 4.78 is 4.99. The molecule has 7 heteroatoms. The molecule has 0 radical (unpaired) electrons. The molecular weight excluding hydrogens is 356 g/mol. The monoisotopic (exact) mass is 378 g/mol. The average Bonchev–Trinajstić information content (AvgIpc) is 3.42. The van der Waals surface area contributed by atoms with Crippen LogP contribution in [-0.4, -0.2) is 39.1 Å². The number of aromatic nitrogens is 2. The van der Waals surface area contributed by atoms with E-state index >= 15 is 0 Å². The number of rotatable bonds is 4. The van der Waals surface area contributed by atoms with Gasteiger partial charge in [0.2, 0.25) is 5.91 Å². The highest BCUT2D eigenvalue weighted by atomic mass is 35.5. The van der Waals surface area contributed by atoms with Crippen LogP contribution in [0.4, 0.5) is 0 Å². The van der Waals surface area contributed by atoms with Crippen molar-refractivity contribution >= 4 is 40.8 Å². The fourth-order valence-corrected chi connectivity index (χ4v) is 4.02. The molecule has 1 aliphatic heterocycles. The second-order valence-electron chi connectivity index (χ2n) is 7.22. The number of hydrogen-bond acceptors (Lipinski definition) is 3. The standard InChI is InChI=1S/C18H23ClN4OS/c1-21-15-5-4-13(19)10-16(15)23(18(21)25)11-22-8-6-14(7-9-22)20-17(24)12-2-3-12/h4-5,10,12,14H,2-3,6-9,11H2,1H3,(H,20,24). The van der Waals surface area contributed by atoms with Gasteiger partial charge in [0.15, 0.2) is 4.77 Å². The Labute approximate surface area is 157 Å². The molecule has 5 nitrogen and oxygen atoms in total. The minimum atomic E-state index is 0.254. The van der Waals surface area contributed by atoms with Crippen molar-refractivity contribution < 1.29 is 4.79 Å². The maximum Gasteiger partial charge on any atom is 0.223 e. The number of halogens is 1. The van der Waals surface area contributed by atoms with Crippen molar-refractivity contribution in [3.05, 3.63) is 28.0 Å². The van der Waals surface area contributed by atoms with E-state index < -0.39 is 0 Å². The normalized spacial score (nSPS) is 19.4. The van der Waals surface area contributed by atoms with Gasteiger partial charge in [0.1, 0.15) is 0 Å². The molecule has 134 valence electrons. The second-order valence-corrected chi connectivity index (χ2v) is 8.02. The van der Waals surface area contributed by atoms with Crippen molar-refractivity contribution in [3.8, 4) is 0 Å². The van der Waals surface area contributed by atoms with Crippen LogP contribution in [0.25, 0.3) is 11.0 Å². The molecule has 2 aliphatic rings. The molecule has 1 saturated carbocycles. The number of carbonyl (C=O) groups is 1. The van der Waals surface area contributed by atoms with Gasteiger partial charge < -0.3 is 14.5 Å². The first-order valence-electron chi connectivity index (χ1n) is 8.90. The Morgan fingerprint density at radius 2 is 1.96 bits per heavy atom. The predicted molar refractivity (Wildman–Crippen MR) is 102 cm³/mol. The van der Waals surface area contributed by atoms with Gasteiger partial charge in [-0.25, -0.2) is 0 Å². The minimum Gasteiger partial charge on any atom is -0.353 e. The quantitative estimate of drug-likeness (QED) is 0.830. The van der Waals surface area contributed by atoms with Crippen LogP contribution in [0.1, 0.15) is 25.7 Å². The number of piperidine rings is 1. The number of likely N-dealkylation sites (tertiary alicyclic amines) is 1. The Kier molecular flexibility index (Phi) is 4.60. The van der Waals surface area contributed by atoms with Crippen LogP contribution >= 0.6 is 23.8 Å². The lowest BCUT2D eigenvalue weighted by Gasteiger charge is -2.32. The van der Waals surface area contributed by atoms with E-state index in [1.807, 2.05) is 29.8 Å². The predicted octanol–water partition coefficient (Wildman–Crippen LogP) is 3.31. The van der Waals surface area contributed by atoms with E-state index in [9.17, 15) is 4.79 Å². The van der Waals surface area contributed by atoms with E-state index in [0.717, 1.165) is 66.3 Å². The van der Waals surface area contributed by atoms with Gasteiger partial charge in [-0.3, -0.25) is 9.69 Å². The van der Waals surface area contributed by atoms with Crippen LogP contribution in [0.5, 0.6) is 0 Å². The Morgan fingerprint density at radius 3 is 2.64 bits per heavy atom. The first-order chi connectivity index (χ1) is 12.0. The van der Waals surface area contributed by atoms with E-state index in [2.05, 4.69) is 14.8 Å². The van der Waals surface area contributed by atoms with Crippen molar-refractivity contribution in [3.63, 3.8) is 0 Å². The third-order valence-corrected chi connectivity index (χ3v) is 6.06. The number of hydrogen-bond donors (Lipinski definition) is 1. The van der Waals surface area contributed by atoms with Crippen LogP contribution in [0.3, 0.4) is 0 Å². The fraction of sp³-hybridized carbons (Fsp3) is 0.556. The molecule has 0 unspecified atom stereocenters. The van der Waals surface area contributed by atoms with Crippen LogP contribution in [0.2, 0.25) is 5.02 Å². The molecule has 4 rings (SSSR count). The summed E-state index contributed by atoms with van der Waals surface area (Å²) in [4.78, 5) is 14.3. The van der Waals surface area contributed by atoms with Gasteiger partial charge in [0.25, 0.3) is 0 Å². The Bertz CT molecular complexity index is 862. The van der Waals surface area contributed by atoms with Gasteiger partial charge >= 0.3 is 0 Å². The van der Waals surface area contributed by atoms with E-state index in [1.54, 1.807) is 0 Å². The highest BCUT2D eigenvalue weighted by molar-refractivity contribution is 7.71. The molecule has 1 aromatic heterocycles. The Hall–Kier alpha value is -1.37. The number of amides is 1. The zero-order valence-corrected chi connectivity index (χ0v) is 15.9. The molecule has 25 heavy (non-hydrogen) atoms. The largest absolute Gasteiger partial charge is 0.353 e.